The highest BCUT2D eigenvalue weighted by Crippen LogP contribution is 2.39. The smallest absolute Gasteiger partial charge is 0.219 e. The first-order chi connectivity index (χ1) is 7.75. The number of nitrogens with one attached hydrogen (secondary N) is 1. The van der Waals surface area contributed by atoms with Crippen molar-refractivity contribution in [3.8, 4) is 0 Å². The van der Waals surface area contributed by atoms with E-state index in [1.807, 2.05) is 4.90 Å². The molecular weight excluding hydrogens is 200 g/mol. The highest BCUT2D eigenvalue weighted by molar-refractivity contribution is 5.74. The summed E-state index contributed by atoms with van der Waals surface area (Å²) in [5, 5.41) is 3.56. The normalized spacial score (nSPS) is 26.9. The van der Waals surface area contributed by atoms with Crippen LogP contribution in [0.5, 0.6) is 0 Å². The molecule has 2 aliphatic heterocycles. The summed E-state index contributed by atoms with van der Waals surface area (Å²) in [6, 6.07) is 8.97. The molecule has 1 N–H and O–H groups in total. The zero-order chi connectivity index (χ0) is 11.1. The molecule has 0 aromatic heterocycles. The molecule has 84 valence electrons. The van der Waals surface area contributed by atoms with Crippen molar-refractivity contribution in [2.24, 2.45) is 0 Å². The van der Waals surface area contributed by atoms with E-state index in [4.69, 9.17) is 0 Å². The molecule has 0 spiro atoms. The minimum Gasteiger partial charge on any atom is -0.381 e. The van der Waals surface area contributed by atoms with Gasteiger partial charge in [-0.1, -0.05) is 18.2 Å². The van der Waals surface area contributed by atoms with Gasteiger partial charge >= 0.3 is 0 Å². The van der Waals surface area contributed by atoms with Crippen LogP contribution in [0.4, 0.5) is 5.69 Å². The van der Waals surface area contributed by atoms with Crippen molar-refractivity contribution in [2.75, 3.05) is 18.4 Å². The van der Waals surface area contributed by atoms with E-state index in [2.05, 4.69) is 29.6 Å². The average molecular weight is 216 g/mol. The van der Waals surface area contributed by atoms with Gasteiger partial charge in [-0.15, -0.1) is 0 Å². The quantitative estimate of drug-likeness (QED) is 0.717. The predicted octanol–water partition coefficient (Wildman–Crippen LogP) is 1.82. The fourth-order valence-corrected chi connectivity index (χ4v) is 2.88. The molecule has 1 amide bonds. The van der Waals surface area contributed by atoms with Gasteiger partial charge in [-0.2, -0.15) is 0 Å². The monoisotopic (exact) mass is 216 g/mol. The maximum atomic E-state index is 11.4. The Hall–Kier alpha value is -1.51. The molecule has 1 aromatic carbocycles. The summed E-state index contributed by atoms with van der Waals surface area (Å²) in [6.45, 7) is 3.41. The predicted molar refractivity (Wildman–Crippen MR) is 63.5 cm³/mol. The Morgan fingerprint density at radius 3 is 3.06 bits per heavy atom. The van der Waals surface area contributed by atoms with Crippen LogP contribution in [0.25, 0.3) is 0 Å². The Morgan fingerprint density at radius 2 is 2.25 bits per heavy atom. The van der Waals surface area contributed by atoms with E-state index in [0.29, 0.717) is 12.0 Å². The zero-order valence-corrected chi connectivity index (χ0v) is 9.44. The van der Waals surface area contributed by atoms with Gasteiger partial charge in [0.05, 0.1) is 0 Å². The number of likely N-dealkylation sites (tertiary alicyclic amines) is 1. The molecule has 3 nitrogen and oxygen atoms in total. The SMILES string of the molecule is CC(=O)N1CCC2Nc3ccccc3C2C1. The number of carbonyl (C=O) groups is 1. The number of piperidine rings is 1. The van der Waals surface area contributed by atoms with Crippen LogP contribution in [0.3, 0.4) is 0 Å². The van der Waals surface area contributed by atoms with Crippen LogP contribution >= 0.6 is 0 Å². The molecule has 0 aliphatic carbocycles. The lowest BCUT2D eigenvalue weighted by atomic mass is 9.89. The van der Waals surface area contributed by atoms with Crippen molar-refractivity contribution in [1.29, 1.82) is 0 Å². The van der Waals surface area contributed by atoms with Crippen LogP contribution in [-0.2, 0) is 4.79 Å². The van der Waals surface area contributed by atoms with Crippen molar-refractivity contribution in [2.45, 2.75) is 25.3 Å². The number of benzene rings is 1. The Labute approximate surface area is 95.4 Å². The zero-order valence-electron chi connectivity index (χ0n) is 9.44. The number of hydrogen-bond acceptors (Lipinski definition) is 2. The van der Waals surface area contributed by atoms with Gasteiger partial charge in [-0.25, -0.2) is 0 Å². The maximum Gasteiger partial charge on any atom is 0.219 e. The van der Waals surface area contributed by atoms with Crippen molar-refractivity contribution in [3.63, 3.8) is 0 Å². The lowest BCUT2D eigenvalue weighted by molar-refractivity contribution is -0.130. The summed E-state index contributed by atoms with van der Waals surface area (Å²) in [4.78, 5) is 13.4. The number of fused-ring (bicyclic) bond motifs is 3. The molecule has 2 aliphatic rings. The van der Waals surface area contributed by atoms with Gasteiger partial charge in [0.1, 0.15) is 0 Å². The number of hydrogen-bond donors (Lipinski definition) is 1. The van der Waals surface area contributed by atoms with E-state index in [1.165, 1.54) is 11.3 Å². The third-order valence-corrected chi connectivity index (χ3v) is 3.76. The molecule has 2 unspecified atom stereocenters. The van der Waals surface area contributed by atoms with Gasteiger partial charge in [0.25, 0.3) is 0 Å². The van der Waals surface area contributed by atoms with Crippen molar-refractivity contribution >= 4 is 11.6 Å². The number of nitrogens with zero attached hydrogens (tertiary/aromatic N) is 1. The number of anilines is 1. The first-order valence-corrected chi connectivity index (χ1v) is 5.86. The molecular formula is C13H16N2O. The van der Waals surface area contributed by atoms with Crippen LogP contribution in [0, 0.1) is 0 Å². The number of amides is 1. The van der Waals surface area contributed by atoms with Gasteiger partial charge in [0.2, 0.25) is 5.91 Å². The lowest BCUT2D eigenvalue weighted by Crippen LogP contribution is -2.44. The minimum absolute atomic E-state index is 0.197. The van der Waals surface area contributed by atoms with Crippen molar-refractivity contribution < 1.29 is 4.79 Å². The standard InChI is InChI=1S/C13H16N2O/c1-9(16)15-7-6-13-11(8-15)10-4-2-3-5-12(10)14-13/h2-5,11,13-14H,6-8H2,1H3. The molecule has 0 radical (unpaired) electrons. The molecule has 16 heavy (non-hydrogen) atoms. The summed E-state index contributed by atoms with van der Waals surface area (Å²) in [6.07, 6.45) is 1.05. The largest absolute Gasteiger partial charge is 0.381 e. The van der Waals surface area contributed by atoms with Gasteiger partial charge in [0, 0.05) is 37.7 Å². The molecule has 0 saturated carbocycles. The fraction of sp³-hybridized carbons (Fsp3) is 0.462. The van der Waals surface area contributed by atoms with Gasteiger partial charge in [-0.3, -0.25) is 4.79 Å². The van der Waals surface area contributed by atoms with Crippen LogP contribution in [-0.4, -0.2) is 29.9 Å². The topological polar surface area (TPSA) is 32.3 Å². The highest BCUT2D eigenvalue weighted by atomic mass is 16.2. The van der Waals surface area contributed by atoms with E-state index in [-0.39, 0.29) is 5.91 Å². The average Bonchev–Trinajstić information content (AvgIpc) is 2.66. The van der Waals surface area contributed by atoms with Gasteiger partial charge in [-0.05, 0) is 18.1 Å². The molecule has 3 heteroatoms. The maximum absolute atomic E-state index is 11.4. The molecule has 2 atom stereocenters. The molecule has 1 aromatic rings. The highest BCUT2D eigenvalue weighted by Gasteiger charge is 2.36. The van der Waals surface area contributed by atoms with Crippen LogP contribution in [0.2, 0.25) is 0 Å². The van der Waals surface area contributed by atoms with Crippen LogP contribution in [0.1, 0.15) is 24.8 Å². The molecule has 1 fully saturated rings. The number of para-hydroxylation sites is 1. The Kier molecular flexibility index (Phi) is 2.13. The summed E-state index contributed by atoms with van der Waals surface area (Å²) < 4.78 is 0. The second-order valence-corrected chi connectivity index (χ2v) is 4.70. The second kappa shape index (κ2) is 3.51. The van der Waals surface area contributed by atoms with E-state index < -0.39 is 0 Å². The van der Waals surface area contributed by atoms with E-state index in [9.17, 15) is 4.79 Å². The Bertz CT molecular complexity index is 430. The molecule has 3 rings (SSSR count). The molecule has 2 heterocycles. The third-order valence-electron chi connectivity index (χ3n) is 3.76. The van der Waals surface area contributed by atoms with Gasteiger partial charge in [0.15, 0.2) is 0 Å². The number of rotatable bonds is 0. The first-order valence-electron chi connectivity index (χ1n) is 5.86. The number of carbonyl (C=O) groups excluding carboxylic acids is 1. The summed E-state index contributed by atoms with van der Waals surface area (Å²) in [5.41, 5.74) is 2.63. The third kappa shape index (κ3) is 1.39. The lowest BCUT2D eigenvalue weighted by Gasteiger charge is -2.34. The summed E-state index contributed by atoms with van der Waals surface area (Å²) in [5.74, 6) is 0.677. The first kappa shape index (κ1) is 9.70. The molecule has 0 bridgehead atoms. The summed E-state index contributed by atoms with van der Waals surface area (Å²) >= 11 is 0. The van der Waals surface area contributed by atoms with Crippen LogP contribution < -0.4 is 5.32 Å². The Morgan fingerprint density at radius 1 is 1.44 bits per heavy atom. The van der Waals surface area contributed by atoms with Gasteiger partial charge < -0.3 is 10.2 Å². The van der Waals surface area contributed by atoms with E-state index in [0.717, 1.165) is 19.5 Å². The minimum atomic E-state index is 0.197. The molecule has 1 saturated heterocycles. The van der Waals surface area contributed by atoms with Crippen molar-refractivity contribution in [3.05, 3.63) is 29.8 Å². The summed E-state index contributed by atoms with van der Waals surface area (Å²) in [7, 11) is 0. The van der Waals surface area contributed by atoms with Crippen molar-refractivity contribution in [1.82, 2.24) is 4.90 Å². The Balaban J connectivity index is 1.89. The second-order valence-electron chi connectivity index (χ2n) is 4.70. The van der Waals surface area contributed by atoms with E-state index in [1.54, 1.807) is 6.92 Å². The fourth-order valence-electron chi connectivity index (χ4n) is 2.88. The van der Waals surface area contributed by atoms with Crippen LogP contribution in [0.15, 0.2) is 24.3 Å². The van der Waals surface area contributed by atoms with E-state index >= 15 is 0 Å².